The highest BCUT2D eigenvalue weighted by Crippen LogP contribution is 2.40. The molecule has 1 aromatic heterocycles. The van der Waals surface area contributed by atoms with Crippen LogP contribution in [0, 0.1) is 11.8 Å². The molecule has 0 N–H and O–H groups in total. The lowest BCUT2D eigenvalue weighted by Gasteiger charge is -2.34. The number of carbonyl (C=O) groups excluding carboxylic acids is 1. The van der Waals surface area contributed by atoms with E-state index in [-0.39, 0.29) is 5.91 Å². The van der Waals surface area contributed by atoms with E-state index in [1.165, 1.54) is 22.5 Å². The van der Waals surface area contributed by atoms with Crippen LogP contribution in [-0.2, 0) is 4.74 Å². The lowest BCUT2D eigenvalue weighted by molar-refractivity contribution is 0.0628. The number of amides is 1. The molecule has 2 unspecified atom stereocenters. The summed E-state index contributed by atoms with van der Waals surface area (Å²) in [5.41, 5.74) is 2.35. The van der Waals surface area contributed by atoms with Crippen LogP contribution >= 0.6 is 11.3 Å². The van der Waals surface area contributed by atoms with Crippen LogP contribution in [0.5, 0.6) is 0 Å². The van der Waals surface area contributed by atoms with Crippen molar-refractivity contribution >= 4 is 22.2 Å². The zero-order chi connectivity index (χ0) is 18.8. The van der Waals surface area contributed by atoms with E-state index in [0.717, 1.165) is 44.3 Å². The van der Waals surface area contributed by atoms with Crippen LogP contribution in [-0.4, -0.2) is 50.2 Å². The van der Waals surface area contributed by atoms with Gasteiger partial charge in [0.25, 0.3) is 5.91 Å². The van der Waals surface area contributed by atoms with Crippen molar-refractivity contribution < 1.29 is 9.53 Å². The highest BCUT2D eigenvalue weighted by atomic mass is 32.1. The third kappa shape index (κ3) is 4.04. The van der Waals surface area contributed by atoms with Crippen molar-refractivity contribution in [1.29, 1.82) is 0 Å². The number of hydrogen-bond donors (Lipinski definition) is 0. The summed E-state index contributed by atoms with van der Waals surface area (Å²) in [6.07, 6.45) is 1.21. The molecule has 2 aliphatic heterocycles. The maximum absolute atomic E-state index is 13.3. The molecule has 0 radical (unpaired) electrons. The Kier molecular flexibility index (Phi) is 5.50. The van der Waals surface area contributed by atoms with Gasteiger partial charge >= 0.3 is 0 Å². The monoisotopic (exact) mass is 384 g/mol. The minimum absolute atomic E-state index is 0.190. The van der Waals surface area contributed by atoms with Gasteiger partial charge in [0, 0.05) is 31.7 Å². The highest BCUT2D eigenvalue weighted by Gasteiger charge is 2.29. The fourth-order valence-corrected chi connectivity index (χ4v) is 5.50. The topological polar surface area (TPSA) is 32.8 Å². The van der Waals surface area contributed by atoms with Crippen LogP contribution < -0.4 is 4.90 Å². The Morgan fingerprint density at radius 2 is 1.74 bits per heavy atom. The van der Waals surface area contributed by atoms with E-state index >= 15 is 0 Å². The molecule has 4 nitrogen and oxygen atoms in total. The van der Waals surface area contributed by atoms with E-state index < -0.39 is 0 Å². The predicted molar refractivity (Wildman–Crippen MR) is 112 cm³/mol. The molecule has 2 aromatic rings. The molecule has 3 heterocycles. The van der Waals surface area contributed by atoms with Gasteiger partial charge in [0.15, 0.2) is 0 Å². The van der Waals surface area contributed by atoms with Crippen LogP contribution in [0.2, 0.25) is 0 Å². The minimum atomic E-state index is 0.190. The quantitative estimate of drug-likeness (QED) is 0.788. The van der Waals surface area contributed by atoms with E-state index in [1.807, 2.05) is 6.07 Å². The molecule has 0 saturated carbocycles. The van der Waals surface area contributed by atoms with Gasteiger partial charge in [-0.2, -0.15) is 0 Å². The molecule has 1 amide bonds. The number of nitrogens with zero attached hydrogens (tertiary/aromatic N) is 2. The molecule has 2 fully saturated rings. The summed E-state index contributed by atoms with van der Waals surface area (Å²) >= 11 is 1.64. The molecule has 0 spiro atoms. The number of ether oxygens (including phenoxy) is 1. The zero-order valence-electron chi connectivity index (χ0n) is 16.2. The normalized spacial score (nSPS) is 23.5. The maximum atomic E-state index is 13.3. The molecule has 2 atom stereocenters. The van der Waals surface area contributed by atoms with Crippen LogP contribution in [0.3, 0.4) is 0 Å². The zero-order valence-corrected chi connectivity index (χ0v) is 17.0. The van der Waals surface area contributed by atoms with Gasteiger partial charge in [0.1, 0.15) is 0 Å². The van der Waals surface area contributed by atoms with Gasteiger partial charge in [-0.05, 0) is 29.9 Å². The number of thiophene rings is 1. The van der Waals surface area contributed by atoms with E-state index in [2.05, 4.69) is 54.0 Å². The summed E-state index contributed by atoms with van der Waals surface area (Å²) in [5, 5.41) is 1.20. The average Bonchev–Trinajstić information content (AvgIpc) is 3.13. The van der Waals surface area contributed by atoms with E-state index in [9.17, 15) is 4.79 Å². The van der Waals surface area contributed by atoms with Gasteiger partial charge < -0.3 is 14.5 Å². The number of carbonyl (C=O) groups is 1. The summed E-state index contributed by atoms with van der Waals surface area (Å²) in [6, 6.07) is 12.5. The fourth-order valence-electron chi connectivity index (χ4n) is 4.30. The first kappa shape index (κ1) is 18.5. The third-order valence-corrected chi connectivity index (χ3v) is 6.65. The van der Waals surface area contributed by atoms with E-state index in [1.54, 1.807) is 11.3 Å². The van der Waals surface area contributed by atoms with Crippen molar-refractivity contribution in [2.45, 2.75) is 20.3 Å². The number of likely N-dealkylation sites (tertiary alicyclic amines) is 1. The van der Waals surface area contributed by atoms with Crippen LogP contribution in [0.25, 0.3) is 11.1 Å². The van der Waals surface area contributed by atoms with Gasteiger partial charge in [0.05, 0.1) is 23.1 Å². The number of rotatable bonds is 3. The Labute approximate surface area is 165 Å². The smallest absolute Gasteiger partial charge is 0.264 e. The van der Waals surface area contributed by atoms with Gasteiger partial charge in [-0.15, -0.1) is 11.3 Å². The number of piperidine rings is 1. The second-order valence-electron chi connectivity index (χ2n) is 7.95. The van der Waals surface area contributed by atoms with Crippen molar-refractivity contribution in [3.05, 3.63) is 41.3 Å². The summed E-state index contributed by atoms with van der Waals surface area (Å²) in [5.74, 6) is 1.34. The van der Waals surface area contributed by atoms with Crippen LogP contribution in [0.4, 0.5) is 5.00 Å². The van der Waals surface area contributed by atoms with Gasteiger partial charge in [0.2, 0.25) is 0 Å². The molecule has 4 rings (SSSR count). The molecule has 1 aromatic carbocycles. The Balaban J connectivity index is 1.67. The van der Waals surface area contributed by atoms with E-state index in [0.29, 0.717) is 11.8 Å². The number of benzene rings is 1. The van der Waals surface area contributed by atoms with Gasteiger partial charge in [-0.3, -0.25) is 4.79 Å². The Hall–Kier alpha value is -1.85. The minimum Gasteiger partial charge on any atom is -0.378 e. The highest BCUT2D eigenvalue weighted by molar-refractivity contribution is 7.18. The predicted octanol–water partition coefficient (Wildman–Crippen LogP) is 4.37. The average molecular weight is 385 g/mol. The van der Waals surface area contributed by atoms with Crippen LogP contribution in [0.1, 0.15) is 29.9 Å². The number of anilines is 1. The summed E-state index contributed by atoms with van der Waals surface area (Å²) in [4.78, 5) is 18.5. The first-order valence-corrected chi connectivity index (χ1v) is 10.7. The SMILES string of the molecule is CC1CC(C)CN(C(=O)c2cc(-c3ccccc3)c(N3CCOCC3)s2)C1. The molecular formula is C22H28N2O2S. The molecule has 0 aliphatic carbocycles. The van der Waals surface area contributed by atoms with E-state index in [4.69, 9.17) is 4.74 Å². The first-order chi connectivity index (χ1) is 13.1. The molecular weight excluding hydrogens is 356 g/mol. The van der Waals surface area contributed by atoms with Gasteiger partial charge in [-0.25, -0.2) is 0 Å². The number of morpholine rings is 1. The first-order valence-electron chi connectivity index (χ1n) is 9.93. The second-order valence-corrected chi connectivity index (χ2v) is 8.98. The maximum Gasteiger partial charge on any atom is 0.264 e. The molecule has 2 aliphatic rings. The van der Waals surface area contributed by atoms with Crippen molar-refractivity contribution in [3.63, 3.8) is 0 Å². The largest absolute Gasteiger partial charge is 0.378 e. The lowest BCUT2D eigenvalue weighted by atomic mass is 9.92. The number of hydrogen-bond acceptors (Lipinski definition) is 4. The Bertz CT molecular complexity index is 773. The fraction of sp³-hybridized carbons (Fsp3) is 0.500. The lowest BCUT2D eigenvalue weighted by Crippen LogP contribution is -2.42. The van der Waals surface area contributed by atoms with Crippen molar-refractivity contribution in [2.24, 2.45) is 11.8 Å². The third-order valence-electron chi connectivity index (χ3n) is 5.46. The van der Waals surface area contributed by atoms with Crippen molar-refractivity contribution in [2.75, 3.05) is 44.3 Å². The molecule has 27 heavy (non-hydrogen) atoms. The summed E-state index contributed by atoms with van der Waals surface area (Å²) < 4.78 is 5.53. The molecule has 5 heteroatoms. The summed E-state index contributed by atoms with van der Waals surface area (Å²) in [6.45, 7) is 9.49. The van der Waals surface area contributed by atoms with Gasteiger partial charge in [-0.1, -0.05) is 44.2 Å². The van der Waals surface area contributed by atoms with Crippen molar-refractivity contribution in [3.8, 4) is 11.1 Å². The van der Waals surface area contributed by atoms with Crippen LogP contribution in [0.15, 0.2) is 36.4 Å². The molecule has 2 saturated heterocycles. The Morgan fingerprint density at radius 3 is 2.41 bits per heavy atom. The Morgan fingerprint density at radius 1 is 1.07 bits per heavy atom. The second kappa shape index (κ2) is 8.03. The molecule has 144 valence electrons. The molecule has 0 bridgehead atoms. The standard InChI is InChI=1S/C22H28N2O2S/c1-16-12-17(2)15-24(14-16)21(25)20-13-19(18-6-4-3-5-7-18)22(27-20)23-8-10-26-11-9-23/h3-7,13,16-17H,8-12,14-15H2,1-2H3. The summed E-state index contributed by atoms with van der Waals surface area (Å²) in [7, 11) is 0. The van der Waals surface area contributed by atoms with Crippen molar-refractivity contribution in [1.82, 2.24) is 4.90 Å².